The van der Waals surface area contributed by atoms with Crippen molar-refractivity contribution < 1.29 is 14.3 Å². The Balaban J connectivity index is 1.74. The maximum Gasteiger partial charge on any atom is 0.231 e. The first-order valence-corrected chi connectivity index (χ1v) is 8.54. The molecule has 4 N–H and O–H groups in total. The molecule has 0 bridgehead atoms. The molecule has 3 aromatic rings. The summed E-state index contributed by atoms with van der Waals surface area (Å²) in [6, 6.07) is 5.29. The van der Waals surface area contributed by atoms with E-state index in [4.69, 9.17) is 5.73 Å². The molecule has 2 unspecified atom stereocenters. The lowest BCUT2D eigenvalue weighted by atomic mass is 10.0. The number of pyridine rings is 3. The van der Waals surface area contributed by atoms with Gasteiger partial charge < -0.3 is 16.2 Å². The zero-order chi connectivity index (χ0) is 19.1. The van der Waals surface area contributed by atoms with Crippen molar-refractivity contribution in [2.45, 2.75) is 26.1 Å². The van der Waals surface area contributed by atoms with E-state index in [0.29, 0.717) is 28.4 Å². The average Bonchev–Trinajstić information content (AvgIpc) is 3.38. The first-order chi connectivity index (χ1) is 13.0. The van der Waals surface area contributed by atoms with Crippen LogP contribution in [0.1, 0.15) is 17.7 Å². The van der Waals surface area contributed by atoms with Gasteiger partial charge in [-0.05, 0) is 42.5 Å². The van der Waals surface area contributed by atoms with Crippen molar-refractivity contribution in [3.8, 4) is 11.3 Å². The Labute approximate surface area is 154 Å². The van der Waals surface area contributed by atoms with Gasteiger partial charge in [-0.15, -0.1) is 0 Å². The van der Waals surface area contributed by atoms with Crippen LogP contribution in [0.25, 0.3) is 22.0 Å². The predicted octanol–water partition coefficient (Wildman–Crippen LogP) is 2.37. The molecule has 4 rings (SSSR count). The van der Waals surface area contributed by atoms with Gasteiger partial charge in [0.15, 0.2) is 0 Å². The molecule has 1 amide bonds. The van der Waals surface area contributed by atoms with Gasteiger partial charge >= 0.3 is 0 Å². The van der Waals surface area contributed by atoms with Crippen molar-refractivity contribution in [2.75, 3.05) is 11.1 Å². The highest BCUT2D eigenvalue weighted by atomic mass is 19.1. The molecule has 3 aromatic heterocycles. The molecule has 8 heteroatoms. The number of alkyl halides is 1. The summed E-state index contributed by atoms with van der Waals surface area (Å²) < 4.78 is 13.0. The normalized spacial score (nSPS) is 18.5. The van der Waals surface area contributed by atoms with Crippen molar-refractivity contribution >= 4 is 28.3 Å². The second-order valence-electron chi connectivity index (χ2n) is 6.68. The monoisotopic (exact) mass is 367 g/mol. The van der Waals surface area contributed by atoms with Gasteiger partial charge in [0, 0.05) is 23.3 Å². The standard InChI is InChI=1S/C19H18FN5O2/c1-9-6-22-11(8-26)4-12(9)16-2-10-3-17(23-7-14(10)18(21)24-16)25-19(27)13-5-15(13)20/h2-4,6-7,13,15,26H,5,8H2,1H3,(H2,21,24)(H,23,25,27). The van der Waals surface area contributed by atoms with E-state index in [1.165, 1.54) is 6.20 Å². The summed E-state index contributed by atoms with van der Waals surface area (Å²) >= 11 is 0. The van der Waals surface area contributed by atoms with Crippen molar-refractivity contribution in [3.63, 3.8) is 0 Å². The molecule has 0 saturated heterocycles. The van der Waals surface area contributed by atoms with Gasteiger partial charge in [0.1, 0.15) is 17.8 Å². The molecule has 1 aliphatic carbocycles. The molecule has 1 fully saturated rings. The zero-order valence-corrected chi connectivity index (χ0v) is 14.6. The van der Waals surface area contributed by atoms with Crippen LogP contribution >= 0.6 is 0 Å². The van der Waals surface area contributed by atoms with Gasteiger partial charge in [-0.25, -0.2) is 14.4 Å². The summed E-state index contributed by atoms with van der Waals surface area (Å²) in [4.78, 5) is 24.7. The molecule has 1 aliphatic rings. The van der Waals surface area contributed by atoms with E-state index in [9.17, 15) is 14.3 Å². The zero-order valence-electron chi connectivity index (χ0n) is 14.6. The van der Waals surface area contributed by atoms with E-state index in [-0.39, 0.29) is 18.9 Å². The highest BCUT2D eigenvalue weighted by molar-refractivity contribution is 5.98. The van der Waals surface area contributed by atoms with E-state index in [1.54, 1.807) is 18.3 Å². The highest BCUT2D eigenvalue weighted by Gasteiger charge is 2.43. The molecule has 0 radical (unpaired) electrons. The third-order valence-corrected chi connectivity index (χ3v) is 4.64. The number of aliphatic hydroxyl groups is 1. The third-order valence-electron chi connectivity index (χ3n) is 4.64. The van der Waals surface area contributed by atoms with Gasteiger partial charge in [-0.3, -0.25) is 9.78 Å². The van der Waals surface area contributed by atoms with E-state index < -0.39 is 12.1 Å². The Hall–Kier alpha value is -3.13. The molecule has 27 heavy (non-hydrogen) atoms. The van der Waals surface area contributed by atoms with Crippen LogP contribution in [-0.2, 0) is 11.4 Å². The minimum absolute atomic E-state index is 0.173. The second kappa shape index (κ2) is 6.55. The van der Waals surface area contributed by atoms with Gasteiger partial charge in [-0.2, -0.15) is 0 Å². The lowest BCUT2D eigenvalue weighted by molar-refractivity contribution is -0.117. The number of nitrogens with two attached hydrogens (primary N) is 1. The number of aryl methyl sites for hydroxylation is 1. The number of carbonyl (C=O) groups is 1. The molecule has 0 spiro atoms. The maximum atomic E-state index is 13.0. The van der Waals surface area contributed by atoms with Crippen molar-refractivity contribution in [3.05, 3.63) is 41.9 Å². The van der Waals surface area contributed by atoms with Crippen LogP contribution in [0.2, 0.25) is 0 Å². The second-order valence-corrected chi connectivity index (χ2v) is 6.68. The molecular weight excluding hydrogens is 349 g/mol. The molecule has 138 valence electrons. The summed E-state index contributed by atoms with van der Waals surface area (Å²) in [6.45, 7) is 1.72. The molecular formula is C19H18FN5O2. The Morgan fingerprint density at radius 3 is 2.81 bits per heavy atom. The lowest BCUT2D eigenvalue weighted by Gasteiger charge is -2.11. The number of rotatable bonds is 4. The number of nitrogen functional groups attached to an aromatic ring is 1. The number of halogens is 1. The number of anilines is 2. The number of carbonyl (C=O) groups excluding carboxylic acids is 1. The fraction of sp³-hybridized carbons (Fsp3) is 0.263. The predicted molar refractivity (Wildman–Crippen MR) is 99.5 cm³/mol. The first kappa shape index (κ1) is 17.3. The average molecular weight is 367 g/mol. The molecule has 3 heterocycles. The van der Waals surface area contributed by atoms with Crippen molar-refractivity contribution in [1.82, 2.24) is 15.0 Å². The molecule has 2 atom stereocenters. The topological polar surface area (TPSA) is 114 Å². The number of amides is 1. The number of nitrogens with one attached hydrogen (secondary N) is 1. The fourth-order valence-corrected chi connectivity index (χ4v) is 2.96. The smallest absolute Gasteiger partial charge is 0.231 e. The van der Waals surface area contributed by atoms with Gasteiger partial charge in [0.05, 0.1) is 23.9 Å². The van der Waals surface area contributed by atoms with E-state index in [2.05, 4.69) is 20.3 Å². The molecule has 0 aromatic carbocycles. The summed E-state index contributed by atoms with van der Waals surface area (Å²) in [5, 5.41) is 13.4. The number of aromatic nitrogens is 3. The van der Waals surface area contributed by atoms with Gasteiger partial charge in [0.25, 0.3) is 0 Å². The van der Waals surface area contributed by atoms with E-state index in [1.807, 2.05) is 13.0 Å². The minimum Gasteiger partial charge on any atom is -0.390 e. The summed E-state index contributed by atoms with van der Waals surface area (Å²) in [5.74, 6) is -0.308. The number of hydrogen-bond donors (Lipinski definition) is 3. The number of fused-ring (bicyclic) bond motifs is 1. The van der Waals surface area contributed by atoms with Crippen LogP contribution in [0.3, 0.4) is 0 Å². The van der Waals surface area contributed by atoms with Crippen LogP contribution < -0.4 is 11.1 Å². The summed E-state index contributed by atoms with van der Waals surface area (Å²) in [6.07, 6.45) is 2.40. The van der Waals surface area contributed by atoms with Crippen LogP contribution in [0.4, 0.5) is 16.0 Å². The largest absolute Gasteiger partial charge is 0.390 e. The molecule has 0 aliphatic heterocycles. The van der Waals surface area contributed by atoms with Gasteiger partial charge in [-0.1, -0.05) is 0 Å². The molecule has 7 nitrogen and oxygen atoms in total. The van der Waals surface area contributed by atoms with E-state index in [0.717, 1.165) is 16.5 Å². The van der Waals surface area contributed by atoms with Crippen molar-refractivity contribution in [1.29, 1.82) is 0 Å². The maximum absolute atomic E-state index is 13.0. The summed E-state index contributed by atoms with van der Waals surface area (Å²) in [7, 11) is 0. The Bertz CT molecular complexity index is 1060. The number of hydrogen-bond acceptors (Lipinski definition) is 6. The lowest BCUT2D eigenvalue weighted by Crippen LogP contribution is -2.15. The highest BCUT2D eigenvalue weighted by Crippen LogP contribution is 2.35. The van der Waals surface area contributed by atoms with Gasteiger partial charge in [0.2, 0.25) is 5.91 Å². The fourth-order valence-electron chi connectivity index (χ4n) is 2.96. The van der Waals surface area contributed by atoms with Crippen LogP contribution in [0, 0.1) is 12.8 Å². The van der Waals surface area contributed by atoms with Crippen LogP contribution in [0.15, 0.2) is 30.6 Å². The minimum atomic E-state index is -1.06. The van der Waals surface area contributed by atoms with Crippen LogP contribution in [0.5, 0.6) is 0 Å². The third kappa shape index (κ3) is 3.31. The SMILES string of the molecule is Cc1cnc(CO)cc1-c1cc2cc(NC(=O)C3CC3F)ncc2c(N)n1. The van der Waals surface area contributed by atoms with Crippen LogP contribution in [-0.4, -0.2) is 32.1 Å². The van der Waals surface area contributed by atoms with E-state index >= 15 is 0 Å². The first-order valence-electron chi connectivity index (χ1n) is 8.54. The summed E-state index contributed by atoms with van der Waals surface area (Å²) in [5.41, 5.74) is 8.95. The molecule has 1 saturated carbocycles. The Morgan fingerprint density at radius 2 is 2.11 bits per heavy atom. The number of aliphatic hydroxyl groups excluding tert-OH is 1. The Kier molecular flexibility index (Phi) is 4.19. The van der Waals surface area contributed by atoms with Crippen molar-refractivity contribution in [2.24, 2.45) is 5.92 Å². The number of nitrogens with zero attached hydrogens (tertiary/aromatic N) is 3. The Morgan fingerprint density at radius 1 is 1.33 bits per heavy atom. The quantitative estimate of drug-likeness (QED) is 0.652.